The van der Waals surface area contributed by atoms with Gasteiger partial charge in [-0.3, -0.25) is 0 Å². The topological polar surface area (TPSA) is 32.5 Å². The van der Waals surface area contributed by atoms with Crippen molar-refractivity contribution < 1.29 is 0 Å². The monoisotopic (exact) mass is 227 g/mol. The molecule has 0 unspecified atom stereocenters. The lowest BCUT2D eigenvalue weighted by atomic mass is 9.97. The van der Waals surface area contributed by atoms with Gasteiger partial charge >= 0.3 is 0 Å². The van der Waals surface area contributed by atoms with E-state index < -0.39 is 0 Å². The minimum absolute atomic E-state index is 0.328. The summed E-state index contributed by atoms with van der Waals surface area (Å²) in [4.78, 5) is 4.89. The summed E-state index contributed by atoms with van der Waals surface area (Å²) in [6.45, 7) is 7.98. The van der Waals surface area contributed by atoms with E-state index in [0.29, 0.717) is 12.0 Å². The minimum Gasteiger partial charge on any atom is -0.326 e. The molecule has 0 spiro atoms. The van der Waals surface area contributed by atoms with Crippen LogP contribution in [0.5, 0.6) is 0 Å². The fourth-order valence-corrected chi connectivity index (χ4v) is 2.40. The Morgan fingerprint density at radius 1 is 1.38 bits per heavy atom. The first kappa shape index (κ1) is 13.9. The van der Waals surface area contributed by atoms with Gasteiger partial charge in [0.1, 0.15) is 0 Å². The summed E-state index contributed by atoms with van der Waals surface area (Å²) >= 11 is 0. The van der Waals surface area contributed by atoms with Crippen LogP contribution in [-0.2, 0) is 0 Å². The molecule has 0 aromatic carbocycles. The van der Waals surface area contributed by atoms with E-state index in [-0.39, 0.29) is 0 Å². The van der Waals surface area contributed by atoms with Crippen LogP contribution in [0, 0.1) is 5.92 Å². The quantitative estimate of drug-likeness (QED) is 0.770. The highest BCUT2D eigenvalue weighted by atomic mass is 15.2. The predicted octanol–water partition coefficient (Wildman–Crippen LogP) is 1.39. The first-order valence-electron chi connectivity index (χ1n) is 6.69. The van der Waals surface area contributed by atoms with Gasteiger partial charge < -0.3 is 15.5 Å². The molecule has 0 bridgehead atoms. The van der Waals surface area contributed by atoms with Crippen molar-refractivity contribution in [2.75, 3.05) is 33.7 Å². The second-order valence-electron chi connectivity index (χ2n) is 5.52. The zero-order valence-electron chi connectivity index (χ0n) is 11.4. The molecule has 2 atom stereocenters. The number of likely N-dealkylation sites (N-methyl/N-ethyl adjacent to an activating group) is 1. The molecule has 1 aliphatic heterocycles. The Hall–Kier alpha value is -0.120. The first-order chi connectivity index (χ1) is 7.54. The zero-order valence-corrected chi connectivity index (χ0v) is 11.4. The SMILES string of the molecule is CC[C@@H](C)[C@@H](N)CN(C)C1CCN(C)CC1. The molecule has 2 N–H and O–H groups in total. The predicted molar refractivity (Wildman–Crippen MR) is 70.6 cm³/mol. The molecular weight excluding hydrogens is 198 g/mol. The average molecular weight is 227 g/mol. The number of hydrogen-bond donors (Lipinski definition) is 1. The molecular formula is C13H29N3. The fourth-order valence-electron chi connectivity index (χ4n) is 2.40. The van der Waals surface area contributed by atoms with Crippen LogP contribution in [0.2, 0.25) is 0 Å². The number of likely N-dealkylation sites (tertiary alicyclic amines) is 1. The molecule has 1 rings (SSSR count). The third-order valence-corrected chi connectivity index (χ3v) is 4.19. The molecule has 0 aliphatic carbocycles. The van der Waals surface area contributed by atoms with Crippen LogP contribution in [0.15, 0.2) is 0 Å². The molecule has 1 fully saturated rings. The second-order valence-corrected chi connectivity index (χ2v) is 5.52. The molecule has 0 radical (unpaired) electrons. The van der Waals surface area contributed by atoms with Crippen molar-refractivity contribution in [2.45, 2.75) is 45.2 Å². The molecule has 0 saturated carbocycles. The van der Waals surface area contributed by atoms with E-state index in [1.807, 2.05) is 0 Å². The minimum atomic E-state index is 0.328. The van der Waals surface area contributed by atoms with Crippen LogP contribution in [-0.4, -0.2) is 55.6 Å². The third-order valence-electron chi connectivity index (χ3n) is 4.19. The van der Waals surface area contributed by atoms with Gasteiger partial charge in [-0.25, -0.2) is 0 Å². The van der Waals surface area contributed by atoms with Crippen molar-refractivity contribution in [3.63, 3.8) is 0 Å². The van der Waals surface area contributed by atoms with Crippen LogP contribution in [0.1, 0.15) is 33.1 Å². The third kappa shape index (κ3) is 4.04. The summed E-state index contributed by atoms with van der Waals surface area (Å²) < 4.78 is 0. The van der Waals surface area contributed by atoms with E-state index in [9.17, 15) is 0 Å². The Labute approximate surface area is 101 Å². The smallest absolute Gasteiger partial charge is 0.0193 e. The maximum absolute atomic E-state index is 6.21. The Morgan fingerprint density at radius 3 is 2.44 bits per heavy atom. The molecule has 0 aromatic heterocycles. The number of nitrogens with two attached hydrogens (primary N) is 1. The first-order valence-corrected chi connectivity index (χ1v) is 6.69. The van der Waals surface area contributed by atoms with Crippen LogP contribution >= 0.6 is 0 Å². The van der Waals surface area contributed by atoms with Crippen molar-refractivity contribution in [1.82, 2.24) is 9.80 Å². The summed E-state index contributed by atoms with van der Waals surface area (Å²) in [5.41, 5.74) is 6.21. The van der Waals surface area contributed by atoms with Crippen LogP contribution in [0.3, 0.4) is 0 Å². The van der Waals surface area contributed by atoms with Gasteiger partial charge in [0.25, 0.3) is 0 Å². The Morgan fingerprint density at radius 2 is 1.94 bits per heavy atom. The van der Waals surface area contributed by atoms with Gasteiger partial charge in [0.05, 0.1) is 0 Å². The largest absolute Gasteiger partial charge is 0.326 e. The van der Waals surface area contributed by atoms with Crippen LogP contribution in [0.25, 0.3) is 0 Å². The van der Waals surface area contributed by atoms with E-state index in [1.165, 1.54) is 32.4 Å². The normalized spacial score (nSPS) is 23.6. The van der Waals surface area contributed by atoms with Gasteiger partial charge in [-0.05, 0) is 45.9 Å². The van der Waals surface area contributed by atoms with E-state index in [0.717, 1.165) is 12.6 Å². The van der Waals surface area contributed by atoms with E-state index >= 15 is 0 Å². The number of nitrogens with zero attached hydrogens (tertiary/aromatic N) is 2. The lowest BCUT2D eigenvalue weighted by molar-refractivity contribution is 0.132. The maximum Gasteiger partial charge on any atom is 0.0193 e. The van der Waals surface area contributed by atoms with Crippen molar-refractivity contribution in [1.29, 1.82) is 0 Å². The average Bonchev–Trinajstić information content (AvgIpc) is 2.28. The van der Waals surface area contributed by atoms with Crippen molar-refractivity contribution >= 4 is 0 Å². The van der Waals surface area contributed by atoms with E-state index in [4.69, 9.17) is 5.73 Å². The van der Waals surface area contributed by atoms with E-state index in [1.54, 1.807) is 0 Å². The molecule has 1 heterocycles. The molecule has 3 nitrogen and oxygen atoms in total. The lowest BCUT2D eigenvalue weighted by Gasteiger charge is -2.37. The van der Waals surface area contributed by atoms with Crippen LogP contribution < -0.4 is 5.73 Å². The van der Waals surface area contributed by atoms with Crippen molar-refractivity contribution in [2.24, 2.45) is 11.7 Å². The summed E-state index contributed by atoms with van der Waals surface area (Å²) in [5, 5.41) is 0. The van der Waals surface area contributed by atoms with Gasteiger partial charge in [0.2, 0.25) is 0 Å². The zero-order chi connectivity index (χ0) is 12.1. The molecule has 96 valence electrons. The Kier molecular flexibility index (Phi) is 5.73. The summed E-state index contributed by atoms with van der Waals surface area (Å²) in [5.74, 6) is 0.633. The second kappa shape index (κ2) is 6.58. The van der Waals surface area contributed by atoms with Gasteiger partial charge in [0.15, 0.2) is 0 Å². The Bertz CT molecular complexity index is 188. The maximum atomic E-state index is 6.21. The molecule has 16 heavy (non-hydrogen) atoms. The molecule has 1 saturated heterocycles. The van der Waals surface area contributed by atoms with Crippen molar-refractivity contribution in [3.8, 4) is 0 Å². The Balaban J connectivity index is 2.31. The van der Waals surface area contributed by atoms with Gasteiger partial charge in [-0.1, -0.05) is 20.3 Å². The number of hydrogen-bond acceptors (Lipinski definition) is 3. The number of piperidine rings is 1. The van der Waals surface area contributed by atoms with Gasteiger partial charge in [0, 0.05) is 18.6 Å². The highest BCUT2D eigenvalue weighted by Gasteiger charge is 2.22. The van der Waals surface area contributed by atoms with Crippen LogP contribution in [0.4, 0.5) is 0 Å². The molecule has 3 heteroatoms. The van der Waals surface area contributed by atoms with Gasteiger partial charge in [-0.15, -0.1) is 0 Å². The standard InChI is InChI=1S/C13H29N3/c1-5-11(2)13(14)10-16(4)12-6-8-15(3)9-7-12/h11-13H,5-10,14H2,1-4H3/t11-,13+/m1/s1. The fraction of sp³-hybridized carbons (Fsp3) is 1.00. The molecule has 0 aromatic rings. The molecule has 1 aliphatic rings. The highest BCUT2D eigenvalue weighted by molar-refractivity contribution is 4.80. The summed E-state index contributed by atoms with van der Waals surface area (Å²) in [7, 11) is 4.44. The highest BCUT2D eigenvalue weighted by Crippen LogP contribution is 2.15. The summed E-state index contributed by atoms with van der Waals surface area (Å²) in [6, 6.07) is 1.07. The van der Waals surface area contributed by atoms with E-state index in [2.05, 4.69) is 37.7 Å². The summed E-state index contributed by atoms with van der Waals surface area (Å²) in [6.07, 6.45) is 3.77. The van der Waals surface area contributed by atoms with Crippen molar-refractivity contribution in [3.05, 3.63) is 0 Å². The molecule has 0 amide bonds. The van der Waals surface area contributed by atoms with Gasteiger partial charge in [-0.2, -0.15) is 0 Å². The number of rotatable bonds is 5. The lowest BCUT2D eigenvalue weighted by Crippen LogP contribution is -2.47.